The summed E-state index contributed by atoms with van der Waals surface area (Å²) in [5.74, 6) is 0. The number of hydrogen-bond donors (Lipinski definition) is 0. The van der Waals surface area contributed by atoms with Crippen molar-refractivity contribution < 1.29 is 49.6 Å². The molecule has 0 aliphatic carbocycles. The first-order valence-corrected chi connectivity index (χ1v) is 3.50. The molecule has 0 saturated heterocycles. The zero-order valence-electron chi connectivity index (χ0n) is 4.38. The van der Waals surface area contributed by atoms with Crippen molar-refractivity contribution >= 4 is 21.0 Å². The second-order valence-corrected chi connectivity index (χ2v) is 1.84. The predicted octanol–water partition coefficient (Wildman–Crippen LogP) is -2.34. The predicted molar refractivity (Wildman–Crippen MR) is 20.2 cm³/mol. The summed E-state index contributed by atoms with van der Waals surface area (Å²) in [6, 6.07) is 0. The molecule has 0 bridgehead atoms. The molecule has 0 spiro atoms. The van der Waals surface area contributed by atoms with Crippen LogP contribution in [0.15, 0.2) is 0 Å². The van der Waals surface area contributed by atoms with Crippen molar-refractivity contribution in [3.8, 4) is 0 Å². The van der Waals surface area contributed by atoms with Crippen molar-refractivity contribution in [2.45, 2.75) is 0 Å². The molecule has 0 amide bonds. The Labute approximate surface area is 70.8 Å². The summed E-state index contributed by atoms with van der Waals surface area (Å²) in [5.41, 5.74) is 0. The molecular formula is O7S2Zn. The van der Waals surface area contributed by atoms with Gasteiger partial charge in [-0.3, -0.25) is 8.42 Å². The van der Waals surface area contributed by atoms with Gasteiger partial charge < -0.3 is 9.11 Å². The zero-order chi connectivity index (χ0) is 8.08. The van der Waals surface area contributed by atoms with E-state index in [1.54, 1.807) is 0 Å². The molecule has 0 saturated carbocycles. The van der Waals surface area contributed by atoms with Gasteiger partial charge in [0.15, 0.2) is 0 Å². The van der Waals surface area contributed by atoms with Gasteiger partial charge in [0.1, 0.15) is 0 Å². The SMILES string of the molecule is O=S(=O)([O-])[O-].O=S(=O)=O.[Zn+2]. The summed E-state index contributed by atoms with van der Waals surface area (Å²) in [6.45, 7) is 0. The van der Waals surface area contributed by atoms with E-state index in [0.717, 1.165) is 0 Å². The average molecular weight is 242 g/mol. The Morgan fingerprint density at radius 2 is 1.00 bits per heavy atom. The molecule has 10 heavy (non-hydrogen) atoms. The molecule has 10 heteroatoms. The molecule has 0 heterocycles. The van der Waals surface area contributed by atoms with Crippen molar-refractivity contribution in [2.75, 3.05) is 0 Å². The third-order valence-corrected chi connectivity index (χ3v) is 0. The molecule has 0 aromatic heterocycles. The summed E-state index contributed by atoms with van der Waals surface area (Å²) in [4.78, 5) is 0. The largest absolute Gasteiger partial charge is 2.00 e. The quantitative estimate of drug-likeness (QED) is 0.263. The van der Waals surface area contributed by atoms with Crippen LogP contribution in [-0.4, -0.2) is 30.1 Å². The molecule has 0 unspecified atom stereocenters. The van der Waals surface area contributed by atoms with Gasteiger partial charge in [0.25, 0.3) is 0 Å². The summed E-state index contributed by atoms with van der Waals surface area (Å²) in [6.07, 6.45) is 0. The molecule has 0 rings (SSSR count). The van der Waals surface area contributed by atoms with Gasteiger partial charge in [0.2, 0.25) is 0 Å². The van der Waals surface area contributed by atoms with Crippen LogP contribution in [0.3, 0.4) is 0 Å². The van der Waals surface area contributed by atoms with E-state index in [-0.39, 0.29) is 19.5 Å². The molecule has 0 aliphatic heterocycles. The molecule has 0 fully saturated rings. The van der Waals surface area contributed by atoms with Crippen LogP contribution in [0, 0.1) is 0 Å². The van der Waals surface area contributed by atoms with Gasteiger partial charge in [0.05, 0.1) is 0 Å². The smallest absolute Gasteiger partial charge is 0.759 e. The topological polar surface area (TPSA) is 131 Å². The maximum absolute atomic E-state index is 8.52. The van der Waals surface area contributed by atoms with Crippen molar-refractivity contribution in [3.05, 3.63) is 0 Å². The Kier molecular flexibility index (Phi) is 12.0. The second-order valence-electron chi connectivity index (χ2n) is 0.612. The van der Waals surface area contributed by atoms with E-state index in [4.69, 9.17) is 30.1 Å². The van der Waals surface area contributed by atoms with Crippen LogP contribution in [0.1, 0.15) is 0 Å². The van der Waals surface area contributed by atoms with Crippen molar-refractivity contribution in [2.24, 2.45) is 0 Å². The fourth-order valence-corrected chi connectivity index (χ4v) is 0. The molecule has 7 nitrogen and oxygen atoms in total. The third kappa shape index (κ3) is 31900. The maximum Gasteiger partial charge on any atom is 2.00 e. The summed E-state index contributed by atoms with van der Waals surface area (Å²) < 4.78 is 59.4. The summed E-state index contributed by atoms with van der Waals surface area (Å²) in [5, 5.41) is 0. The molecular weight excluding hydrogens is 242 g/mol. The second kappa shape index (κ2) is 7.22. The van der Waals surface area contributed by atoms with E-state index in [2.05, 4.69) is 0 Å². The van der Waals surface area contributed by atoms with Crippen LogP contribution in [0.5, 0.6) is 0 Å². The molecule has 0 radical (unpaired) electrons. The van der Waals surface area contributed by atoms with Gasteiger partial charge >= 0.3 is 30.1 Å². The van der Waals surface area contributed by atoms with Crippen molar-refractivity contribution in [1.82, 2.24) is 0 Å². The summed E-state index contributed by atoms with van der Waals surface area (Å²) in [7, 11) is -8.28. The Morgan fingerprint density at radius 1 is 1.00 bits per heavy atom. The standard InChI is InChI=1S/H2O4S.O3S.Zn/c1-5(2,3)4;1-4(2)3;/h(H2,1,2,3,4);;/q;;+2/p-2. The zero-order valence-corrected chi connectivity index (χ0v) is 8.98. The fraction of sp³-hybridized carbons (Fsp3) is 0. The van der Waals surface area contributed by atoms with Gasteiger partial charge in [-0.05, 0) is 0 Å². The molecule has 0 atom stereocenters. The van der Waals surface area contributed by atoms with Crippen molar-refractivity contribution in [3.63, 3.8) is 0 Å². The van der Waals surface area contributed by atoms with Crippen LogP contribution in [0.4, 0.5) is 0 Å². The van der Waals surface area contributed by atoms with Crippen LogP contribution in [-0.2, 0) is 40.5 Å². The minimum absolute atomic E-state index is 0. The number of rotatable bonds is 0. The Hall–Kier alpha value is 0.113. The van der Waals surface area contributed by atoms with Crippen LogP contribution < -0.4 is 0 Å². The minimum atomic E-state index is -5.17. The summed E-state index contributed by atoms with van der Waals surface area (Å²) >= 11 is 0. The van der Waals surface area contributed by atoms with Gasteiger partial charge in [-0.1, -0.05) is 0 Å². The van der Waals surface area contributed by atoms with Gasteiger partial charge in [-0.2, -0.15) is 0 Å². The number of hydrogen-bond acceptors (Lipinski definition) is 7. The first kappa shape index (κ1) is 16.6. The molecule has 0 aromatic carbocycles. The van der Waals surface area contributed by atoms with Crippen molar-refractivity contribution in [1.29, 1.82) is 0 Å². The molecule has 0 N–H and O–H groups in total. The Bertz CT molecular complexity index is 224. The monoisotopic (exact) mass is 240 g/mol. The molecule has 0 aliphatic rings. The molecule has 56 valence electrons. The van der Waals surface area contributed by atoms with Gasteiger partial charge in [-0.25, -0.2) is 0 Å². The van der Waals surface area contributed by atoms with E-state index in [0.29, 0.717) is 0 Å². The van der Waals surface area contributed by atoms with Crippen LogP contribution >= 0.6 is 0 Å². The van der Waals surface area contributed by atoms with Crippen LogP contribution in [0.2, 0.25) is 0 Å². The fourth-order valence-electron chi connectivity index (χ4n) is 0. The minimum Gasteiger partial charge on any atom is -0.759 e. The Morgan fingerprint density at radius 3 is 1.00 bits per heavy atom. The van der Waals surface area contributed by atoms with E-state index in [9.17, 15) is 0 Å². The normalized spacial score (nSPS) is 8.20. The van der Waals surface area contributed by atoms with Gasteiger partial charge in [0, 0.05) is 10.4 Å². The average Bonchev–Trinajstić information content (AvgIpc) is 1.19. The van der Waals surface area contributed by atoms with E-state index in [1.807, 2.05) is 0 Å². The maximum atomic E-state index is 8.52. The van der Waals surface area contributed by atoms with Gasteiger partial charge in [-0.15, -0.1) is 12.6 Å². The first-order chi connectivity index (χ1) is 3.73. The Balaban J connectivity index is -0.0000000910. The van der Waals surface area contributed by atoms with Crippen LogP contribution in [0.25, 0.3) is 0 Å². The first-order valence-electron chi connectivity index (χ1n) is 1.17. The van der Waals surface area contributed by atoms with E-state index < -0.39 is 21.0 Å². The third-order valence-electron chi connectivity index (χ3n) is 0. The van der Waals surface area contributed by atoms with E-state index >= 15 is 0 Å². The molecule has 0 aromatic rings. The van der Waals surface area contributed by atoms with E-state index in [1.165, 1.54) is 0 Å².